The number of rotatable bonds is 17. The number of thioether (sulfide) groups is 1. The van der Waals surface area contributed by atoms with Crippen molar-refractivity contribution in [3.63, 3.8) is 0 Å². The van der Waals surface area contributed by atoms with Gasteiger partial charge in [-0.15, -0.1) is 11.8 Å². The molecule has 2 aliphatic rings. The lowest BCUT2D eigenvalue weighted by Gasteiger charge is -2.42. The Kier molecular flexibility index (Phi) is 29.7. The van der Waals surface area contributed by atoms with E-state index in [1.54, 1.807) is 25.3 Å². The number of nitrogen functional groups attached to an aromatic ring is 1. The van der Waals surface area contributed by atoms with Gasteiger partial charge in [-0.3, -0.25) is 29.7 Å². The highest BCUT2D eigenvalue weighted by atomic mass is 35.5. The molecule has 2 fully saturated rings. The molecule has 17 heteroatoms. The second-order valence-electron chi connectivity index (χ2n) is 19.2. The van der Waals surface area contributed by atoms with Gasteiger partial charge in [0.2, 0.25) is 11.8 Å². The van der Waals surface area contributed by atoms with Gasteiger partial charge in [-0.25, -0.2) is 4.98 Å². The van der Waals surface area contributed by atoms with Crippen LogP contribution in [-0.4, -0.2) is 111 Å². The van der Waals surface area contributed by atoms with Gasteiger partial charge in [0.25, 0.3) is 5.91 Å². The second kappa shape index (κ2) is 34.1. The molecule has 0 aliphatic carbocycles. The highest BCUT2D eigenvalue weighted by Gasteiger charge is 2.32. The van der Waals surface area contributed by atoms with E-state index < -0.39 is 0 Å². The van der Waals surface area contributed by atoms with Crippen molar-refractivity contribution < 1.29 is 24.6 Å². The summed E-state index contributed by atoms with van der Waals surface area (Å²) in [4.78, 5) is 51.7. The number of nitrogens with zero attached hydrogens (tertiary/aromatic N) is 5. The number of aryl methyl sites for hydroxylation is 1. The Balaban J connectivity index is 0.000000366. The number of hydrogen-bond donors (Lipinski definition) is 7. The van der Waals surface area contributed by atoms with E-state index in [1.165, 1.54) is 61.1 Å². The molecule has 1 aromatic heterocycles. The Bertz CT molecular complexity index is 2400. The third kappa shape index (κ3) is 21.8. The molecule has 0 bridgehead atoms. The molecule has 3 heterocycles. The molecule has 0 radical (unpaired) electrons. The quantitative estimate of drug-likeness (QED) is 0.0389. The molecule has 2 aliphatic heterocycles. The molecule has 3 aromatic carbocycles. The maximum absolute atomic E-state index is 12.5. The first-order chi connectivity index (χ1) is 35.7. The SMILES string of the molecule is CC.CC(=N)c1cc(C(C)C)c(O)cc1O.CCCC1(CC)CCN(c2cncc(N)n2)CC1.CCNC(=O)C(=N)C(C)CC.CSc1cccc(NC(=O)CCC(=O)N2CCN(Cc3ccc(C)cc3)CC2)c1Cl. The van der Waals surface area contributed by atoms with Crippen molar-refractivity contribution >= 4 is 69.8 Å². The first-order valence-electron chi connectivity index (χ1n) is 26.7. The molecule has 2 saturated heterocycles. The number of aromatic nitrogens is 2. The number of amides is 3. The van der Waals surface area contributed by atoms with Crippen LogP contribution in [0.5, 0.6) is 11.5 Å². The smallest absolute Gasteiger partial charge is 0.265 e. The highest BCUT2D eigenvalue weighted by Crippen LogP contribution is 2.40. The van der Waals surface area contributed by atoms with Crippen molar-refractivity contribution in [2.45, 2.75) is 145 Å². The van der Waals surface area contributed by atoms with E-state index in [0.717, 1.165) is 55.4 Å². The number of phenolic OH excluding ortho intramolecular Hbond substituents is 2. The number of halogens is 1. The maximum atomic E-state index is 12.5. The number of phenols is 2. The number of carbonyl (C=O) groups is 3. The van der Waals surface area contributed by atoms with Gasteiger partial charge in [0.1, 0.15) is 23.1 Å². The molecule has 1 atom stereocenters. The van der Waals surface area contributed by atoms with Crippen LogP contribution < -0.4 is 21.3 Å². The fourth-order valence-electron chi connectivity index (χ4n) is 8.55. The number of anilines is 3. The predicted octanol–water partition coefficient (Wildman–Crippen LogP) is 12.1. The average molecular weight is 1070 g/mol. The van der Waals surface area contributed by atoms with E-state index in [9.17, 15) is 24.6 Å². The second-order valence-corrected chi connectivity index (χ2v) is 20.4. The Hall–Kier alpha value is -5.71. The van der Waals surface area contributed by atoms with E-state index in [2.05, 4.69) is 75.4 Å². The summed E-state index contributed by atoms with van der Waals surface area (Å²) in [6.45, 7) is 28.7. The molecule has 0 spiro atoms. The van der Waals surface area contributed by atoms with Crippen LogP contribution in [0.2, 0.25) is 5.02 Å². The third-order valence-electron chi connectivity index (χ3n) is 13.5. The molecule has 414 valence electrons. The molecule has 75 heavy (non-hydrogen) atoms. The highest BCUT2D eigenvalue weighted by molar-refractivity contribution is 7.98. The topological polar surface area (TPSA) is 225 Å². The first kappa shape index (κ1) is 65.4. The Morgan fingerprint density at radius 1 is 0.893 bits per heavy atom. The summed E-state index contributed by atoms with van der Waals surface area (Å²) < 4.78 is 0. The lowest BCUT2D eigenvalue weighted by molar-refractivity contribution is -0.134. The molecular formula is C58H89ClN10O5S. The van der Waals surface area contributed by atoms with Crippen LogP contribution in [0.4, 0.5) is 17.3 Å². The lowest BCUT2D eigenvalue weighted by atomic mass is 9.73. The fraction of sp³-hybridized carbons (Fsp3) is 0.534. The molecular weight excluding hydrogens is 984 g/mol. The minimum atomic E-state index is -0.234. The van der Waals surface area contributed by atoms with E-state index in [1.807, 2.05) is 78.0 Å². The zero-order valence-corrected chi connectivity index (χ0v) is 48.6. The summed E-state index contributed by atoms with van der Waals surface area (Å²) in [6, 6.07) is 17.1. The summed E-state index contributed by atoms with van der Waals surface area (Å²) >= 11 is 7.83. The summed E-state index contributed by atoms with van der Waals surface area (Å²) in [5.41, 5.74) is 11.1. The van der Waals surface area contributed by atoms with Gasteiger partial charge in [0, 0.05) is 93.4 Å². The number of aromatic hydroxyl groups is 2. The van der Waals surface area contributed by atoms with Crippen LogP contribution >= 0.6 is 23.4 Å². The monoisotopic (exact) mass is 1070 g/mol. The number of piperidine rings is 1. The van der Waals surface area contributed by atoms with E-state index in [-0.39, 0.29) is 59.6 Å². The van der Waals surface area contributed by atoms with E-state index in [0.29, 0.717) is 52.9 Å². The largest absolute Gasteiger partial charge is 0.508 e. The summed E-state index contributed by atoms with van der Waals surface area (Å²) in [6.07, 6.45) is 13.0. The van der Waals surface area contributed by atoms with Gasteiger partial charge in [-0.1, -0.05) is 116 Å². The zero-order valence-electron chi connectivity index (χ0n) is 47.0. The van der Waals surface area contributed by atoms with Crippen LogP contribution in [0.15, 0.2) is 71.9 Å². The number of hydrogen-bond acceptors (Lipinski definition) is 13. The third-order valence-corrected chi connectivity index (χ3v) is 14.8. The Morgan fingerprint density at radius 3 is 2.07 bits per heavy atom. The molecule has 0 saturated carbocycles. The average Bonchev–Trinajstić information content (AvgIpc) is 3.40. The molecule has 4 aromatic rings. The van der Waals surface area contributed by atoms with Crippen LogP contribution in [-0.2, 0) is 20.9 Å². The van der Waals surface area contributed by atoms with Crippen molar-refractivity contribution in [3.05, 3.63) is 94.3 Å². The predicted molar refractivity (Wildman–Crippen MR) is 313 cm³/mol. The first-order valence-corrected chi connectivity index (χ1v) is 28.3. The van der Waals surface area contributed by atoms with Gasteiger partial charge < -0.3 is 41.8 Å². The minimum absolute atomic E-state index is 0.0316. The molecule has 3 amide bonds. The number of carbonyl (C=O) groups excluding carboxylic acids is 3. The van der Waals surface area contributed by atoms with Gasteiger partial charge in [0.05, 0.1) is 28.8 Å². The Labute approximate surface area is 458 Å². The van der Waals surface area contributed by atoms with Gasteiger partial charge in [-0.05, 0) is 93.4 Å². The lowest BCUT2D eigenvalue weighted by Crippen LogP contribution is -2.48. The van der Waals surface area contributed by atoms with Crippen molar-refractivity contribution in [3.8, 4) is 11.5 Å². The fourth-order valence-corrected chi connectivity index (χ4v) is 9.46. The number of piperazine rings is 1. The molecule has 1 unspecified atom stereocenters. The van der Waals surface area contributed by atoms with E-state index in [4.69, 9.17) is 28.2 Å². The van der Waals surface area contributed by atoms with Crippen molar-refractivity contribution in [2.75, 3.05) is 68.0 Å². The number of nitrogens with two attached hydrogens (primary N) is 1. The van der Waals surface area contributed by atoms with Crippen LogP contribution in [0.3, 0.4) is 0 Å². The Morgan fingerprint density at radius 2 is 1.53 bits per heavy atom. The number of nitrogens with one attached hydrogen (secondary N) is 4. The van der Waals surface area contributed by atoms with Crippen LogP contribution in [0, 0.1) is 29.1 Å². The van der Waals surface area contributed by atoms with Crippen molar-refractivity contribution in [1.82, 2.24) is 25.1 Å². The van der Waals surface area contributed by atoms with Gasteiger partial charge in [-0.2, -0.15) is 0 Å². The molecule has 6 rings (SSSR count). The normalized spacial score (nSPS) is 14.2. The minimum Gasteiger partial charge on any atom is -0.508 e. The van der Waals surface area contributed by atoms with Gasteiger partial charge in [0.15, 0.2) is 0 Å². The standard InChI is InChI=1S/C23H28ClN3O2S.C14H24N4.C11H15NO2.C8H16N2O.C2H6/c1-17-6-8-18(9-7-17)16-26-12-14-27(15-13-26)22(29)11-10-21(28)25-19-4-3-5-20(30-2)23(19)24;1-3-5-14(4-2)6-8-18(9-7-14)13-11-16-10-12(15)17-13;1-6(2)8-4-9(7(3)12)11(14)5-10(8)13;1-4-6(3)7(9)8(11)10-5-2;1-2/h3-9H,10-16H2,1-2H3,(H,25,28);10-11H,3-9H2,1-2H3,(H2,15,17);4-6,12-14H,1-3H3;6,9H,4-5H2,1-3H3,(H,10,11);1-2H3. The van der Waals surface area contributed by atoms with E-state index >= 15 is 0 Å². The van der Waals surface area contributed by atoms with Crippen LogP contribution in [0.25, 0.3) is 0 Å². The number of benzene rings is 3. The van der Waals surface area contributed by atoms with Crippen molar-refractivity contribution in [2.24, 2.45) is 11.3 Å². The summed E-state index contributed by atoms with van der Waals surface area (Å²) in [5, 5.41) is 39.8. The van der Waals surface area contributed by atoms with Crippen molar-refractivity contribution in [1.29, 1.82) is 10.8 Å². The van der Waals surface area contributed by atoms with Crippen LogP contribution in [0.1, 0.15) is 149 Å². The molecule has 15 nitrogen and oxygen atoms in total. The maximum Gasteiger partial charge on any atom is 0.265 e. The summed E-state index contributed by atoms with van der Waals surface area (Å²) in [7, 11) is 0. The molecule has 8 N–H and O–H groups in total. The van der Waals surface area contributed by atoms with Gasteiger partial charge >= 0.3 is 0 Å². The summed E-state index contributed by atoms with van der Waals surface area (Å²) in [5.74, 6) is 1.33. The zero-order chi connectivity index (χ0) is 56.3.